The SMILES string of the molecule is CCn1cnc(C(C(=O)O)C(C)C)c1. The molecule has 0 spiro atoms. The number of carboxylic acids is 1. The summed E-state index contributed by atoms with van der Waals surface area (Å²) < 4.78 is 1.88. The van der Waals surface area contributed by atoms with E-state index < -0.39 is 11.9 Å². The van der Waals surface area contributed by atoms with Gasteiger partial charge in [0.2, 0.25) is 0 Å². The molecule has 1 atom stereocenters. The van der Waals surface area contributed by atoms with E-state index in [0.29, 0.717) is 5.69 Å². The van der Waals surface area contributed by atoms with Gasteiger partial charge < -0.3 is 9.67 Å². The third-order valence-electron chi connectivity index (χ3n) is 2.27. The van der Waals surface area contributed by atoms with Gasteiger partial charge in [-0.3, -0.25) is 4.79 Å². The molecule has 0 aromatic carbocycles. The molecule has 14 heavy (non-hydrogen) atoms. The molecule has 1 aromatic rings. The summed E-state index contributed by atoms with van der Waals surface area (Å²) in [5.74, 6) is -1.24. The number of hydrogen-bond donors (Lipinski definition) is 1. The molecule has 0 aliphatic heterocycles. The van der Waals surface area contributed by atoms with Gasteiger partial charge in [-0.1, -0.05) is 13.8 Å². The Bertz CT molecular complexity index is 318. The Balaban J connectivity index is 2.93. The Hall–Kier alpha value is -1.32. The third kappa shape index (κ3) is 2.13. The zero-order valence-corrected chi connectivity index (χ0v) is 8.77. The first kappa shape index (κ1) is 10.8. The third-order valence-corrected chi connectivity index (χ3v) is 2.27. The number of rotatable bonds is 4. The molecule has 1 heterocycles. The molecule has 0 bridgehead atoms. The van der Waals surface area contributed by atoms with Crippen LogP contribution in [-0.2, 0) is 11.3 Å². The molecule has 1 rings (SSSR count). The lowest BCUT2D eigenvalue weighted by atomic mass is 9.93. The van der Waals surface area contributed by atoms with Gasteiger partial charge in [0.25, 0.3) is 0 Å². The van der Waals surface area contributed by atoms with Gasteiger partial charge in [-0.2, -0.15) is 0 Å². The van der Waals surface area contributed by atoms with Gasteiger partial charge in [0.05, 0.1) is 12.0 Å². The maximum Gasteiger partial charge on any atom is 0.312 e. The van der Waals surface area contributed by atoms with Crippen molar-refractivity contribution in [2.75, 3.05) is 0 Å². The van der Waals surface area contributed by atoms with E-state index in [1.54, 1.807) is 12.5 Å². The molecule has 1 N–H and O–H groups in total. The van der Waals surface area contributed by atoms with Gasteiger partial charge in [0.15, 0.2) is 0 Å². The van der Waals surface area contributed by atoms with E-state index in [2.05, 4.69) is 4.98 Å². The van der Waals surface area contributed by atoms with E-state index in [4.69, 9.17) is 5.11 Å². The Morgan fingerprint density at radius 3 is 2.64 bits per heavy atom. The highest BCUT2D eigenvalue weighted by Gasteiger charge is 2.25. The van der Waals surface area contributed by atoms with Crippen LogP contribution in [0, 0.1) is 5.92 Å². The zero-order valence-electron chi connectivity index (χ0n) is 8.77. The van der Waals surface area contributed by atoms with Crippen LogP contribution < -0.4 is 0 Å². The molecule has 0 aliphatic carbocycles. The van der Waals surface area contributed by atoms with Crippen molar-refractivity contribution < 1.29 is 9.90 Å². The molecule has 4 nitrogen and oxygen atoms in total. The Morgan fingerprint density at radius 2 is 2.29 bits per heavy atom. The molecule has 78 valence electrons. The predicted molar refractivity (Wildman–Crippen MR) is 53.1 cm³/mol. The fourth-order valence-corrected chi connectivity index (χ4v) is 1.46. The van der Waals surface area contributed by atoms with Crippen LogP contribution in [-0.4, -0.2) is 20.6 Å². The molecule has 1 aromatic heterocycles. The predicted octanol–water partition coefficient (Wildman–Crippen LogP) is 1.73. The van der Waals surface area contributed by atoms with E-state index in [1.165, 1.54) is 0 Å². The van der Waals surface area contributed by atoms with Crippen LogP contribution >= 0.6 is 0 Å². The van der Waals surface area contributed by atoms with Crippen molar-refractivity contribution in [1.29, 1.82) is 0 Å². The van der Waals surface area contributed by atoms with Crippen molar-refractivity contribution in [3.63, 3.8) is 0 Å². The second-order valence-corrected chi connectivity index (χ2v) is 3.69. The molecule has 0 fully saturated rings. The number of aryl methyl sites for hydroxylation is 1. The van der Waals surface area contributed by atoms with Crippen molar-refractivity contribution in [3.8, 4) is 0 Å². The average molecular weight is 196 g/mol. The Kier molecular flexibility index (Phi) is 3.28. The lowest BCUT2D eigenvalue weighted by molar-refractivity contribution is -0.140. The average Bonchev–Trinajstić information content (AvgIpc) is 2.51. The first-order chi connectivity index (χ1) is 6.56. The number of carbonyl (C=O) groups is 1. The van der Waals surface area contributed by atoms with E-state index in [1.807, 2.05) is 25.3 Å². The largest absolute Gasteiger partial charge is 0.481 e. The van der Waals surface area contributed by atoms with Gasteiger partial charge in [-0.25, -0.2) is 4.98 Å². The van der Waals surface area contributed by atoms with Crippen LogP contribution in [0.5, 0.6) is 0 Å². The normalized spacial score (nSPS) is 13.1. The van der Waals surface area contributed by atoms with Crippen molar-refractivity contribution in [1.82, 2.24) is 9.55 Å². The van der Waals surface area contributed by atoms with Crippen LogP contribution in [0.4, 0.5) is 0 Å². The Morgan fingerprint density at radius 1 is 1.64 bits per heavy atom. The topological polar surface area (TPSA) is 55.1 Å². The molecule has 0 aliphatic rings. The minimum atomic E-state index is -0.804. The molecule has 4 heteroatoms. The molecule has 0 amide bonds. The quantitative estimate of drug-likeness (QED) is 0.797. The Labute approximate surface area is 83.6 Å². The smallest absolute Gasteiger partial charge is 0.312 e. The van der Waals surface area contributed by atoms with Gasteiger partial charge in [-0.05, 0) is 12.8 Å². The van der Waals surface area contributed by atoms with Crippen LogP contribution in [0.15, 0.2) is 12.5 Å². The van der Waals surface area contributed by atoms with Gasteiger partial charge in [-0.15, -0.1) is 0 Å². The van der Waals surface area contributed by atoms with Crippen molar-refractivity contribution >= 4 is 5.97 Å². The first-order valence-electron chi connectivity index (χ1n) is 4.80. The molecule has 1 unspecified atom stereocenters. The van der Waals surface area contributed by atoms with Gasteiger partial charge >= 0.3 is 5.97 Å². The van der Waals surface area contributed by atoms with E-state index in [0.717, 1.165) is 6.54 Å². The summed E-state index contributed by atoms with van der Waals surface area (Å²) >= 11 is 0. The second kappa shape index (κ2) is 4.26. The lowest BCUT2D eigenvalue weighted by Crippen LogP contribution is -2.17. The number of aliphatic carboxylic acids is 1. The van der Waals surface area contributed by atoms with Gasteiger partial charge in [0.1, 0.15) is 5.92 Å². The lowest BCUT2D eigenvalue weighted by Gasteiger charge is -2.12. The fraction of sp³-hybridized carbons (Fsp3) is 0.600. The summed E-state index contributed by atoms with van der Waals surface area (Å²) in [6.07, 6.45) is 3.48. The molecular formula is C10H16N2O2. The fourth-order valence-electron chi connectivity index (χ4n) is 1.46. The molecule has 0 radical (unpaired) electrons. The number of carboxylic acid groups (broad SMARTS) is 1. The first-order valence-corrected chi connectivity index (χ1v) is 4.80. The zero-order chi connectivity index (χ0) is 10.7. The van der Waals surface area contributed by atoms with Crippen LogP contribution in [0.3, 0.4) is 0 Å². The second-order valence-electron chi connectivity index (χ2n) is 3.69. The molecule has 0 saturated carbocycles. The maximum absolute atomic E-state index is 11.0. The minimum Gasteiger partial charge on any atom is -0.481 e. The van der Waals surface area contributed by atoms with Gasteiger partial charge in [0, 0.05) is 12.7 Å². The van der Waals surface area contributed by atoms with Crippen molar-refractivity contribution in [3.05, 3.63) is 18.2 Å². The summed E-state index contributed by atoms with van der Waals surface area (Å²) in [5.41, 5.74) is 0.648. The summed E-state index contributed by atoms with van der Waals surface area (Å²) in [4.78, 5) is 15.1. The monoisotopic (exact) mass is 196 g/mol. The van der Waals surface area contributed by atoms with E-state index in [-0.39, 0.29) is 5.92 Å². The standard InChI is InChI=1S/C10H16N2O2/c1-4-12-5-8(11-6-12)9(7(2)3)10(13)14/h5-7,9H,4H2,1-3H3,(H,13,14). The minimum absolute atomic E-state index is 0.0627. The number of aromatic nitrogens is 2. The summed E-state index contributed by atoms with van der Waals surface area (Å²) in [5, 5.41) is 9.03. The summed E-state index contributed by atoms with van der Waals surface area (Å²) in [6.45, 7) is 6.60. The summed E-state index contributed by atoms with van der Waals surface area (Å²) in [6, 6.07) is 0. The summed E-state index contributed by atoms with van der Waals surface area (Å²) in [7, 11) is 0. The number of hydrogen-bond acceptors (Lipinski definition) is 2. The highest BCUT2D eigenvalue weighted by molar-refractivity contribution is 5.75. The number of imidazole rings is 1. The molecule has 0 saturated heterocycles. The van der Waals surface area contributed by atoms with E-state index >= 15 is 0 Å². The van der Waals surface area contributed by atoms with Crippen LogP contribution in [0.1, 0.15) is 32.4 Å². The van der Waals surface area contributed by atoms with Crippen LogP contribution in [0.25, 0.3) is 0 Å². The highest BCUT2D eigenvalue weighted by atomic mass is 16.4. The highest BCUT2D eigenvalue weighted by Crippen LogP contribution is 2.22. The number of nitrogens with zero attached hydrogens (tertiary/aromatic N) is 2. The van der Waals surface area contributed by atoms with Crippen molar-refractivity contribution in [2.45, 2.75) is 33.2 Å². The van der Waals surface area contributed by atoms with E-state index in [9.17, 15) is 4.79 Å². The van der Waals surface area contributed by atoms with Crippen molar-refractivity contribution in [2.24, 2.45) is 5.92 Å². The van der Waals surface area contributed by atoms with Crippen LogP contribution in [0.2, 0.25) is 0 Å². The molecular weight excluding hydrogens is 180 g/mol. The maximum atomic E-state index is 11.0.